The number of aromatic nitrogens is 1. The van der Waals surface area contributed by atoms with Gasteiger partial charge in [-0.2, -0.15) is 0 Å². The Balaban J connectivity index is 1.25. The number of phenolic OH excluding ortho intramolecular Hbond substituents is 1. The molecule has 3 aromatic rings. The fourth-order valence-corrected chi connectivity index (χ4v) is 15.5. The zero-order valence-corrected chi connectivity index (χ0v) is 71.9. The van der Waals surface area contributed by atoms with E-state index in [-0.39, 0.29) is 116 Å². The lowest BCUT2D eigenvalue weighted by Crippen LogP contribution is -2.59. The largest absolute Gasteiger partial charge is 0.508 e. The first-order chi connectivity index (χ1) is 56.9. The third-order valence-corrected chi connectivity index (χ3v) is 22.8. The van der Waals surface area contributed by atoms with E-state index < -0.39 is 169 Å². The molecule has 0 spiro atoms. The molecule has 1 saturated heterocycles. The van der Waals surface area contributed by atoms with Crippen LogP contribution in [-0.2, 0) is 91.1 Å². The Morgan fingerprint density at radius 3 is 1.94 bits per heavy atom. The summed E-state index contributed by atoms with van der Waals surface area (Å²) in [6.07, 6.45) is 0.751. The number of unbranched alkanes of at least 4 members (excludes halogenated alkanes) is 1. The normalized spacial score (nSPS) is 15.3. The number of carbonyl (C=O) groups excluding carboxylic acids is 12. The van der Waals surface area contributed by atoms with Crippen LogP contribution in [0.3, 0.4) is 0 Å². The number of esters is 2. The number of carbonyl (C=O) groups is 16. The smallest absolute Gasteiger partial charge is 0.426 e. The molecule has 1 unspecified atom stereocenters. The van der Waals surface area contributed by atoms with E-state index in [2.05, 4.69) is 63.7 Å². The van der Waals surface area contributed by atoms with Gasteiger partial charge in [-0.1, -0.05) is 112 Å². The van der Waals surface area contributed by atoms with Crippen molar-refractivity contribution in [2.45, 2.75) is 245 Å². The van der Waals surface area contributed by atoms with Gasteiger partial charge in [-0.05, 0) is 132 Å². The quantitative estimate of drug-likeness (QED) is 0.00822. The molecule has 1 fully saturated rings. The van der Waals surface area contributed by atoms with E-state index in [1.165, 1.54) is 50.9 Å². The third-order valence-electron chi connectivity index (χ3n) is 19.3. The molecule has 666 valence electrons. The van der Waals surface area contributed by atoms with Gasteiger partial charge in [0.2, 0.25) is 35.4 Å². The molecular weight excluding hydrogens is 1630 g/mol. The van der Waals surface area contributed by atoms with Crippen molar-refractivity contribution in [3.63, 3.8) is 0 Å². The van der Waals surface area contributed by atoms with Crippen LogP contribution < -0.4 is 58.7 Å². The van der Waals surface area contributed by atoms with Gasteiger partial charge < -0.3 is 92.5 Å². The fraction of sp³-hybridized carbons (Fsp3) is 0.608. The number of phenols is 1. The number of nitrogens with zero attached hydrogens (tertiary/aromatic N) is 3. The van der Waals surface area contributed by atoms with Crippen LogP contribution in [0.15, 0.2) is 53.9 Å². The van der Waals surface area contributed by atoms with E-state index in [0.29, 0.717) is 61.8 Å². The van der Waals surface area contributed by atoms with Crippen molar-refractivity contribution < 1.29 is 116 Å². The number of thiazole rings is 1. The molecule has 16 N–H and O–H groups in total. The molecule has 120 heavy (non-hydrogen) atoms. The minimum absolute atomic E-state index is 0.00722. The molecular formula is C79H118N14O24S3. The van der Waals surface area contributed by atoms with E-state index in [4.69, 9.17) is 19.3 Å². The summed E-state index contributed by atoms with van der Waals surface area (Å²) in [6, 6.07) is 2.75. The van der Waals surface area contributed by atoms with Crippen molar-refractivity contribution in [2.24, 2.45) is 17.8 Å². The molecule has 0 radical (unpaired) electrons. The van der Waals surface area contributed by atoms with E-state index >= 15 is 4.79 Å². The molecule has 38 nitrogen and oxygen atoms in total. The highest BCUT2D eigenvalue weighted by molar-refractivity contribution is 8.76. The van der Waals surface area contributed by atoms with Crippen molar-refractivity contribution in [1.29, 1.82) is 0 Å². The number of carboxylic acid groups (broad SMARTS) is 4. The zero-order chi connectivity index (χ0) is 89.1. The van der Waals surface area contributed by atoms with Crippen LogP contribution in [0.25, 0.3) is 0 Å². The lowest BCUT2D eigenvalue weighted by molar-refractivity contribution is -0.160. The minimum Gasteiger partial charge on any atom is -0.508 e. The predicted octanol–water partition coefficient (Wildman–Crippen LogP) is 5.55. The van der Waals surface area contributed by atoms with E-state index in [1.54, 1.807) is 57.2 Å². The molecule has 12 atom stereocenters. The highest BCUT2D eigenvalue weighted by Crippen LogP contribution is 2.33. The summed E-state index contributed by atoms with van der Waals surface area (Å²) in [5.74, 6) is -12.7. The monoisotopic (exact) mass is 1740 g/mol. The maximum absolute atomic E-state index is 15.0. The maximum atomic E-state index is 15.0. The number of rotatable bonds is 53. The third kappa shape index (κ3) is 39.1. The molecule has 0 bridgehead atoms. The molecule has 0 saturated carbocycles. The summed E-state index contributed by atoms with van der Waals surface area (Å²) in [5.41, 5.74) is 6.22. The Bertz CT molecular complexity index is 3900. The summed E-state index contributed by atoms with van der Waals surface area (Å²) in [4.78, 5) is 214. The highest BCUT2D eigenvalue weighted by Gasteiger charge is 2.40. The van der Waals surface area contributed by atoms with Crippen molar-refractivity contribution in [3.8, 4) is 5.75 Å². The number of benzene rings is 2. The second-order valence-corrected chi connectivity index (χ2v) is 33.4. The lowest BCUT2D eigenvalue weighted by atomic mass is 9.92. The Morgan fingerprint density at radius 1 is 0.658 bits per heavy atom. The number of aliphatic carboxylic acids is 4. The maximum Gasteiger partial charge on any atom is 0.426 e. The summed E-state index contributed by atoms with van der Waals surface area (Å²) in [7, 11) is 4.33. The van der Waals surface area contributed by atoms with Gasteiger partial charge in [0.05, 0.1) is 25.3 Å². The standard InChI is InChI=1S/C79H118N14O24S3/c1-11-18-67(103)116-44-93(75(109)68(46(5)12-2)89-73(108)60-21-14-16-32-92(60)10)61(45(3)4)40-62(117-50(9)94)74-87-59(43-118-74)72(107)84-54(36-51-27-29-55(95)30-28-51)35-47(6)69(104)90-91-79(114)115-33-34-119-120-42-49(8)82-70(105)58(39-66(101)102)86-71(106)57(38-65(99)100)85-63(96)37-52-23-25-53(26-24-52)41-81-77(112)80-31-15-13-19-48(7)83-78(113)88-56(76(110)111)20-17-22-64(97)98/h23-30,43,45-49,54,56-58,60-62,68,95H,11-22,31-42,44H2,1-10H3,(H,82,105)(H,84,107)(H,85,96)(H,86,106)(H,89,108)(H,90,104)(H,91,114)(H,97,98)(H,99,100)(H,101,102)(H,110,111)(H2,80,81,112)(H2,83,88,113)/t46?,47-,48+,49+,54+,56-,57-,58-,60+,61+,62+,68-/m0/s1. The van der Waals surface area contributed by atoms with E-state index in [1.807, 2.05) is 46.6 Å². The Morgan fingerprint density at radius 2 is 1.32 bits per heavy atom. The summed E-state index contributed by atoms with van der Waals surface area (Å²) >= 11 is 1.03. The van der Waals surface area contributed by atoms with Gasteiger partial charge in [0.25, 0.3) is 5.91 Å². The first kappa shape index (κ1) is 102. The fourth-order valence-electron chi connectivity index (χ4n) is 12.6. The first-order valence-electron chi connectivity index (χ1n) is 40.0. The SMILES string of the molecule is CCCC(=O)OCN(C(=O)[C@@H](NC(=O)[C@H]1CCCCN1C)C(C)CC)[C@H](C[C@@H](OC(C)=O)c1nc(C(=O)N[C@@H](Cc2ccc(O)cc2)C[C@H](C)C(=O)NNC(=O)OCCSSC[C@@H](C)NC(=O)[C@H](CC(=O)O)NC(=O)[C@H](CC(=O)O)NC(=O)Cc2ccc(CNC(=O)NCCCC[C@@H](C)NC(=O)N[C@@H](CCCC(=O)O)C(=O)O)cc2)cs1)C(C)C. The molecule has 1 aromatic heterocycles. The molecule has 1 aliphatic rings. The first-order valence-corrected chi connectivity index (χ1v) is 43.3. The number of nitrogens with one attached hydrogen (secondary N) is 11. The van der Waals surface area contributed by atoms with Crippen molar-refractivity contribution >= 4 is 128 Å². The molecule has 41 heteroatoms. The van der Waals surface area contributed by atoms with Crippen LogP contribution in [0, 0.1) is 17.8 Å². The number of carboxylic acids is 4. The van der Waals surface area contributed by atoms with Crippen molar-refractivity contribution in [3.05, 3.63) is 81.3 Å². The number of amides is 12. The minimum atomic E-state index is -1.74. The van der Waals surface area contributed by atoms with Crippen LogP contribution in [0.1, 0.15) is 203 Å². The van der Waals surface area contributed by atoms with Crippen LogP contribution in [0.5, 0.6) is 5.75 Å². The number of hydrogen-bond donors (Lipinski definition) is 16. The van der Waals surface area contributed by atoms with Crippen LogP contribution in [0.4, 0.5) is 14.4 Å². The lowest BCUT2D eigenvalue weighted by Gasteiger charge is -2.39. The Labute approximate surface area is 709 Å². The van der Waals surface area contributed by atoms with Gasteiger partial charge in [0, 0.05) is 86.2 Å². The van der Waals surface area contributed by atoms with Crippen LogP contribution in [0.2, 0.25) is 0 Å². The number of ether oxygens (including phenoxy) is 3. The molecule has 12 amide bonds. The van der Waals surface area contributed by atoms with Crippen molar-refractivity contribution in [1.82, 2.24) is 73.5 Å². The van der Waals surface area contributed by atoms with E-state index in [0.717, 1.165) is 30.7 Å². The van der Waals surface area contributed by atoms with Gasteiger partial charge >= 0.3 is 54.0 Å². The van der Waals surface area contributed by atoms with Gasteiger partial charge in [0.15, 0.2) is 12.8 Å². The average molecular weight is 1740 g/mol. The predicted molar refractivity (Wildman–Crippen MR) is 443 cm³/mol. The highest BCUT2D eigenvalue weighted by atomic mass is 33.1. The van der Waals surface area contributed by atoms with E-state index in [9.17, 15) is 92.3 Å². The number of likely N-dealkylation sites (N-methyl/N-ethyl adjacent to an activating group) is 1. The number of hydrazine groups is 1. The summed E-state index contributed by atoms with van der Waals surface area (Å²) < 4.78 is 16.8. The molecule has 0 aliphatic carbocycles. The van der Waals surface area contributed by atoms with Crippen LogP contribution in [-0.4, -0.2) is 235 Å². The average Bonchev–Trinajstić information content (AvgIpc) is 1.31. The zero-order valence-electron chi connectivity index (χ0n) is 69.4. The second-order valence-electron chi connectivity index (χ2n) is 29.9. The topological polar surface area (TPSA) is 554 Å². The second kappa shape index (κ2) is 53.9. The molecule has 2 aromatic carbocycles. The van der Waals surface area contributed by atoms with Gasteiger partial charge in [0.1, 0.15) is 47.2 Å². The summed E-state index contributed by atoms with van der Waals surface area (Å²) in [6.45, 7) is 15.9. The Hall–Kier alpha value is -10.6. The molecule has 2 heterocycles. The molecule has 4 rings (SSSR count). The van der Waals surface area contributed by atoms with Gasteiger partial charge in [-0.3, -0.25) is 67.9 Å². The number of urea groups is 2. The Kier molecular flexibility index (Phi) is 45.7. The molecule has 1 aliphatic heterocycles. The number of likely N-dealkylation sites (tertiary alicyclic amines) is 1. The van der Waals surface area contributed by atoms with Crippen molar-refractivity contribution in [2.75, 3.05) is 45.0 Å². The van der Waals surface area contributed by atoms with Gasteiger partial charge in [-0.15, -0.1) is 11.3 Å². The van der Waals surface area contributed by atoms with Crippen LogP contribution >= 0.6 is 32.9 Å². The number of aromatic hydroxyl groups is 1. The summed E-state index contributed by atoms with van der Waals surface area (Å²) in [5, 5.41) is 72.7. The number of piperidine rings is 1. The number of hydrogen-bond acceptors (Lipinski definition) is 25. The van der Waals surface area contributed by atoms with Gasteiger partial charge in [-0.25, -0.2) is 29.6 Å².